The number of hydrogen-bond donors (Lipinski definition) is 1. The molecule has 1 aliphatic carbocycles. The highest BCUT2D eigenvalue weighted by Gasteiger charge is 2.67. The molecule has 1 amide bonds. The second-order valence-corrected chi connectivity index (χ2v) is 4.62. The summed E-state index contributed by atoms with van der Waals surface area (Å²) >= 11 is 0. The standard InChI is InChI=1S/C11H13NO6/c1-11(10(12)14)17-7-4(3-5(13)15-2)6-8(16-6)9(7)18-11/h3,6-9H,1-2H3,(H2,12,14)/b4-3+. The molecule has 2 heterocycles. The summed E-state index contributed by atoms with van der Waals surface area (Å²) in [6, 6.07) is 0. The van der Waals surface area contributed by atoms with E-state index in [9.17, 15) is 9.59 Å². The Morgan fingerprint density at radius 1 is 1.33 bits per heavy atom. The van der Waals surface area contributed by atoms with Gasteiger partial charge in [-0.25, -0.2) is 4.79 Å². The van der Waals surface area contributed by atoms with Gasteiger partial charge in [0, 0.05) is 6.08 Å². The number of epoxide rings is 1. The Kier molecular flexibility index (Phi) is 2.28. The van der Waals surface area contributed by atoms with Gasteiger partial charge in [-0.1, -0.05) is 0 Å². The first kappa shape index (κ1) is 11.6. The number of fused-ring (bicyclic) bond motifs is 3. The van der Waals surface area contributed by atoms with Gasteiger partial charge < -0.3 is 24.7 Å². The number of methoxy groups -OCH3 is 1. The lowest BCUT2D eigenvalue weighted by atomic mass is 10.1. The fraction of sp³-hybridized carbons (Fsp3) is 0.636. The lowest BCUT2D eigenvalue weighted by Crippen LogP contribution is -2.43. The molecule has 0 aromatic carbocycles. The predicted molar refractivity (Wildman–Crippen MR) is 56.1 cm³/mol. The molecule has 2 aliphatic heterocycles. The summed E-state index contributed by atoms with van der Waals surface area (Å²) in [6.07, 6.45) is 0.0863. The van der Waals surface area contributed by atoms with Crippen molar-refractivity contribution in [1.82, 2.24) is 0 Å². The highest BCUT2D eigenvalue weighted by Crippen LogP contribution is 2.51. The first-order valence-electron chi connectivity index (χ1n) is 5.57. The van der Waals surface area contributed by atoms with Crippen molar-refractivity contribution in [2.75, 3.05) is 7.11 Å². The number of carbonyl (C=O) groups excluding carboxylic acids is 2. The van der Waals surface area contributed by atoms with Crippen LogP contribution in [-0.2, 0) is 28.5 Å². The molecule has 7 heteroatoms. The molecule has 3 rings (SSSR count). The van der Waals surface area contributed by atoms with Crippen molar-refractivity contribution in [2.45, 2.75) is 37.1 Å². The van der Waals surface area contributed by atoms with Crippen LogP contribution in [0.2, 0.25) is 0 Å². The number of ether oxygens (including phenoxy) is 4. The highest BCUT2D eigenvalue weighted by molar-refractivity contribution is 5.84. The number of rotatable bonds is 2. The molecule has 3 aliphatic rings. The van der Waals surface area contributed by atoms with Crippen molar-refractivity contribution >= 4 is 11.9 Å². The Bertz CT molecular complexity index is 460. The topological polar surface area (TPSA) is 100 Å². The molecule has 0 aromatic heterocycles. The maximum atomic E-state index is 11.3. The van der Waals surface area contributed by atoms with Gasteiger partial charge in [0.2, 0.25) is 5.79 Å². The zero-order chi connectivity index (χ0) is 13.1. The minimum Gasteiger partial charge on any atom is -0.466 e. The molecule has 5 atom stereocenters. The van der Waals surface area contributed by atoms with Crippen LogP contribution in [0.15, 0.2) is 11.6 Å². The molecule has 0 aromatic rings. The minimum atomic E-state index is -1.47. The SMILES string of the molecule is COC(=O)/C=C1\C2OC2C2OC(C)(C(N)=O)OC12. The Morgan fingerprint density at radius 3 is 2.67 bits per heavy atom. The zero-order valence-electron chi connectivity index (χ0n) is 9.91. The lowest BCUT2D eigenvalue weighted by Gasteiger charge is -2.19. The predicted octanol–water partition coefficient (Wildman–Crippen LogP) is -1.15. The number of hydrogen-bond acceptors (Lipinski definition) is 6. The van der Waals surface area contributed by atoms with Gasteiger partial charge in [-0.2, -0.15) is 0 Å². The average Bonchev–Trinajstić information content (AvgIpc) is 2.95. The Hall–Kier alpha value is -1.44. The average molecular weight is 255 g/mol. The summed E-state index contributed by atoms with van der Waals surface area (Å²) in [5.41, 5.74) is 5.87. The fourth-order valence-electron chi connectivity index (χ4n) is 2.43. The number of primary amides is 1. The van der Waals surface area contributed by atoms with E-state index >= 15 is 0 Å². The van der Waals surface area contributed by atoms with Crippen LogP contribution in [0.4, 0.5) is 0 Å². The fourth-order valence-corrected chi connectivity index (χ4v) is 2.43. The maximum absolute atomic E-state index is 11.3. The van der Waals surface area contributed by atoms with Crippen LogP contribution in [0.3, 0.4) is 0 Å². The highest BCUT2D eigenvalue weighted by atomic mass is 16.8. The third-order valence-electron chi connectivity index (χ3n) is 3.45. The first-order chi connectivity index (χ1) is 8.46. The van der Waals surface area contributed by atoms with Crippen molar-refractivity contribution in [3.63, 3.8) is 0 Å². The molecular weight excluding hydrogens is 242 g/mol. The summed E-state index contributed by atoms with van der Waals surface area (Å²) < 4.78 is 21.0. The van der Waals surface area contributed by atoms with E-state index in [1.165, 1.54) is 20.1 Å². The quantitative estimate of drug-likeness (QED) is 0.380. The van der Waals surface area contributed by atoms with Gasteiger partial charge in [0.15, 0.2) is 0 Å². The first-order valence-corrected chi connectivity index (χ1v) is 5.57. The second kappa shape index (κ2) is 3.53. The number of carbonyl (C=O) groups is 2. The molecule has 0 radical (unpaired) electrons. The van der Waals surface area contributed by atoms with Crippen LogP contribution >= 0.6 is 0 Å². The molecule has 0 bridgehead atoms. The Balaban J connectivity index is 1.87. The van der Waals surface area contributed by atoms with Crippen LogP contribution < -0.4 is 5.73 Å². The smallest absolute Gasteiger partial charge is 0.330 e. The molecule has 1 saturated carbocycles. The molecule has 2 N–H and O–H groups in total. The van der Waals surface area contributed by atoms with E-state index < -0.39 is 29.9 Å². The molecule has 7 nitrogen and oxygen atoms in total. The minimum absolute atomic E-state index is 0.174. The van der Waals surface area contributed by atoms with Gasteiger partial charge >= 0.3 is 5.97 Å². The maximum Gasteiger partial charge on any atom is 0.330 e. The van der Waals surface area contributed by atoms with E-state index in [1.54, 1.807) is 0 Å². The van der Waals surface area contributed by atoms with E-state index in [-0.39, 0.29) is 12.2 Å². The molecular formula is C11H13NO6. The summed E-state index contributed by atoms with van der Waals surface area (Å²) in [6.45, 7) is 1.46. The molecule has 18 heavy (non-hydrogen) atoms. The van der Waals surface area contributed by atoms with Crippen molar-refractivity contribution < 1.29 is 28.5 Å². The van der Waals surface area contributed by atoms with Gasteiger partial charge in [0.05, 0.1) is 7.11 Å². The largest absolute Gasteiger partial charge is 0.466 e. The zero-order valence-corrected chi connectivity index (χ0v) is 9.91. The molecule has 98 valence electrons. The molecule has 5 unspecified atom stereocenters. The lowest BCUT2D eigenvalue weighted by molar-refractivity contribution is -0.181. The summed E-state index contributed by atoms with van der Waals surface area (Å²) in [5.74, 6) is -2.66. The van der Waals surface area contributed by atoms with E-state index in [4.69, 9.17) is 19.9 Å². The van der Waals surface area contributed by atoms with E-state index in [0.717, 1.165) is 0 Å². The van der Waals surface area contributed by atoms with Crippen molar-refractivity contribution in [3.05, 3.63) is 11.6 Å². The summed E-state index contributed by atoms with van der Waals surface area (Å²) in [4.78, 5) is 22.6. The molecule has 0 spiro atoms. The van der Waals surface area contributed by atoms with E-state index in [0.29, 0.717) is 5.57 Å². The Morgan fingerprint density at radius 2 is 2.06 bits per heavy atom. The number of amides is 1. The molecule has 2 saturated heterocycles. The van der Waals surface area contributed by atoms with Crippen molar-refractivity contribution in [2.24, 2.45) is 5.73 Å². The summed E-state index contributed by atoms with van der Waals surface area (Å²) in [5, 5.41) is 0. The van der Waals surface area contributed by atoms with Gasteiger partial charge in [-0.3, -0.25) is 4.79 Å². The van der Waals surface area contributed by atoms with Crippen LogP contribution in [0.25, 0.3) is 0 Å². The Labute approximate surface area is 103 Å². The van der Waals surface area contributed by atoms with E-state index in [2.05, 4.69) is 4.74 Å². The number of esters is 1. The van der Waals surface area contributed by atoms with Gasteiger partial charge in [0.1, 0.15) is 24.4 Å². The van der Waals surface area contributed by atoms with Crippen LogP contribution in [0, 0.1) is 0 Å². The number of nitrogens with two attached hydrogens (primary N) is 1. The monoisotopic (exact) mass is 255 g/mol. The van der Waals surface area contributed by atoms with Crippen molar-refractivity contribution in [1.29, 1.82) is 0 Å². The summed E-state index contributed by atoms with van der Waals surface area (Å²) in [7, 11) is 1.29. The van der Waals surface area contributed by atoms with Gasteiger partial charge in [-0.15, -0.1) is 0 Å². The molecule has 3 fully saturated rings. The van der Waals surface area contributed by atoms with Crippen LogP contribution in [-0.4, -0.2) is 49.2 Å². The third kappa shape index (κ3) is 1.48. The van der Waals surface area contributed by atoms with Gasteiger partial charge in [0.25, 0.3) is 5.91 Å². The second-order valence-electron chi connectivity index (χ2n) is 4.62. The third-order valence-corrected chi connectivity index (χ3v) is 3.45. The normalized spacial score (nSPS) is 46.7. The van der Waals surface area contributed by atoms with Crippen LogP contribution in [0.5, 0.6) is 0 Å². The van der Waals surface area contributed by atoms with Crippen LogP contribution in [0.1, 0.15) is 6.92 Å². The van der Waals surface area contributed by atoms with Gasteiger partial charge in [-0.05, 0) is 12.5 Å². The van der Waals surface area contributed by atoms with E-state index in [1.807, 2.05) is 0 Å². The van der Waals surface area contributed by atoms with Crippen molar-refractivity contribution in [3.8, 4) is 0 Å².